The van der Waals surface area contributed by atoms with Crippen LogP contribution in [0.15, 0.2) is 18.2 Å². The van der Waals surface area contributed by atoms with Crippen LogP contribution in [-0.2, 0) is 11.3 Å². The molecule has 0 bridgehead atoms. The van der Waals surface area contributed by atoms with Crippen molar-refractivity contribution in [2.75, 3.05) is 18.4 Å². The number of nitrogens with one attached hydrogen (secondary N) is 1. The molecule has 1 heterocycles. The van der Waals surface area contributed by atoms with Crippen LogP contribution in [0, 0.1) is 0 Å². The van der Waals surface area contributed by atoms with Gasteiger partial charge in [0.1, 0.15) is 5.60 Å². The van der Waals surface area contributed by atoms with E-state index in [1.165, 1.54) is 42.5 Å². The Morgan fingerprint density at radius 3 is 2.44 bits per heavy atom. The van der Waals surface area contributed by atoms with Crippen molar-refractivity contribution in [1.82, 2.24) is 4.90 Å². The minimum absolute atomic E-state index is 0.192. The maximum atomic E-state index is 12.3. The monoisotopic (exact) mass is 373 g/mol. The molecule has 27 heavy (non-hydrogen) atoms. The molecule has 1 saturated heterocycles. The third-order valence-electron chi connectivity index (χ3n) is 5.69. The number of hydrogen-bond donors (Lipinski definition) is 2. The third kappa shape index (κ3) is 5.38. The molecule has 5 heteroatoms. The van der Waals surface area contributed by atoms with Crippen LogP contribution < -0.4 is 11.1 Å². The molecule has 150 valence electrons. The summed E-state index contributed by atoms with van der Waals surface area (Å²) in [6.07, 6.45) is 6.90. The van der Waals surface area contributed by atoms with E-state index in [-0.39, 0.29) is 6.09 Å². The van der Waals surface area contributed by atoms with Gasteiger partial charge in [0, 0.05) is 31.4 Å². The first-order valence-electron chi connectivity index (χ1n) is 10.4. The minimum Gasteiger partial charge on any atom is -0.444 e. The minimum atomic E-state index is -0.438. The Balaban J connectivity index is 1.62. The number of ether oxygens (including phenoxy) is 1. The number of hydrogen-bond acceptors (Lipinski definition) is 4. The van der Waals surface area contributed by atoms with Crippen molar-refractivity contribution in [2.45, 2.75) is 83.4 Å². The van der Waals surface area contributed by atoms with Crippen molar-refractivity contribution in [3.05, 3.63) is 29.3 Å². The second kappa shape index (κ2) is 8.51. The van der Waals surface area contributed by atoms with E-state index in [1.807, 2.05) is 25.7 Å². The maximum absolute atomic E-state index is 12.3. The van der Waals surface area contributed by atoms with Gasteiger partial charge in [0.25, 0.3) is 0 Å². The van der Waals surface area contributed by atoms with Gasteiger partial charge >= 0.3 is 6.09 Å². The Hall–Kier alpha value is -1.75. The number of carbonyl (C=O) groups is 1. The van der Waals surface area contributed by atoms with E-state index in [0.29, 0.717) is 18.5 Å². The topological polar surface area (TPSA) is 67.6 Å². The second-order valence-corrected chi connectivity index (χ2v) is 8.99. The van der Waals surface area contributed by atoms with Gasteiger partial charge in [-0.2, -0.15) is 0 Å². The number of rotatable bonds is 4. The first kappa shape index (κ1) is 20.0. The molecule has 0 spiro atoms. The number of piperidine rings is 1. The van der Waals surface area contributed by atoms with Gasteiger partial charge in [-0.1, -0.05) is 25.0 Å². The van der Waals surface area contributed by atoms with Crippen LogP contribution in [0.4, 0.5) is 10.5 Å². The zero-order valence-electron chi connectivity index (χ0n) is 17.1. The van der Waals surface area contributed by atoms with E-state index in [2.05, 4.69) is 23.5 Å². The molecule has 0 unspecified atom stereocenters. The quantitative estimate of drug-likeness (QED) is 0.808. The van der Waals surface area contributed by atoms with Crippen LogP contribution in [0.3, 0.4) is 0 Å². The molecule has 3 N–H and O–H groups in total. The summed E-state index contributed by atoms with van der Waals surface area (Å²) in [5.41, 5.74) is 9.27. The van der Waals surface area contributed by atoms with Crippen molar-refractivity contribution in [3.8, 4) is 0 Å². The zero-order chi connectivity index (χ0) is 19.4. The van der Waals surface area contributed by atoms with Crippen molar-refractivity contribution < 1.29 is 9.53 Å². The number of anilines is 1. The lowest BCUT2D eigenvalue weighted by atomic mass is 9.88. The molecule has 1 saturated carbocycles. The summed E-state index contributed by atoms with van der Waals surface area (Å²) in [7, 11) is 0. The van der Waals surface area contributed by atoms with E-state index in [0.717, 1.165) is 25.9 Å². The standard InChI is InChI=1S/C22H35N3O2/c1-22(2,3)27-21(26)25-12-10-16(11-13-25)17-8-9-18(15-23)20(14-17)24-19-6-4-5-7-19/h8-9,14,16,19,24H,4-7,10-13,15,23H2,1-3H3. The molecule has 1 aliphatic heterocycles. The largest absolute Gasteiger partial charge is 0.444 e. The van der Waals surface area contributed by atoms with E-state index in [1.54, 1.807) is 0 Å². The molecule has 1 aromatic carbocycles. The number of likely N-dealkylation sites (tertiary alicyclic amines) is 1. The molecule has 1 amide bonds. The first-order valence-corrected chi connectivity index (χ1v) is 10.4. The Bertz CT molecular complexity index is 639. The molecule has 5 nitrogen and oxygen atoms in total. The second-order valence-electron chi connectivity index (χ2n) is 8.99. The van der Waals surface area contributed by atoms with E-state index >= 15 is 0 Å². The lowest BCUT2D eigenvalue weighted by molar-refractivity contribution is 0.0205. The smallest absolute Gasteiger partial charge is 0.410 e. The van der Waals surface area contributed by atoms with Gasteiger partial charge in [0.2, 0.25) is 0 Å². The Labute approximate surface area is 163 Å². The molecule has 1 aromatic rings. The van der Waals surface area contributed by atoms with Gasteiger partial charge in [-0.15, -0.1) is 0 Å². The van der Waals surface area contributed by atoms with Crippen LogP contribution in [0.1, 0.15) is 76.3 Å². The fourth-order valence-electron chi connectivity index (χ4n) is 4.17. The molecule has 3 rings (SSSR count). The predicted octanol–water partition coefficient (Wildman–Crippen LogP) is 4.61. The lowest BCUT2D eigenvalue weighted by Gasteiger charge is -2.34. The summed E-state index contributed by atoms with van der Waals surface area (Å²) < 4.78 is 5.50. The molecule has 0 radical (unpaired) electrons. The van der Waals surface area contributed by atoms with Gasteiger partial charge in [-0.05, 0) is 69.6 Å². The average molecular weight is 374 g/mol. The van der Waals surface area contributed by atoms with Crippen LogP contribution in [0.2, 0.25) is 0 Å². The van der Waals surface area contributed by atoms with Gasteiger partial charge in [0.05, 0.1) is 0 Å². The van der Waals surface area contributed by atoms with Gasteiger partial charge in [-0.25, -0.2) is 4.79 Å². The number of amides is 1. The van der Waals surface area contributed by atoms with Crippen LogP contribution in [0.25, 0.3) is 0 Å². The number of benzene rings is 1. The summed E-state index contributed by atoms with van der Waals surface area (Å²) in [5, 5.41) is 3.73. The average Bonchev–Trinajstić information content (AvgIpc) is 3.13. The van der Waals surface area contributed by atoms with E-state index in [4.69, 9.17) is 10.5 Å². The Morgan fingerprint density at radius 1 is 1.19 bits per heavy atom. The lowest BCUT2D eigenvalue weighted by Crippen LogP contribution is -2.41. The maximum Gasteiger partial charge on any atom is 0.410 e. The Morgan fingerprint density at radius 2 is 1.85 bits per heavy atom. The summed E-state index contributed by atoms with van der Waals surface area (Å²) in [6.45, 7) is 7.81. The van der Waals surface area contributed by atoms with E-state index in [9.17, 15) is 4.79 Å². The molecule has 0 aromatic heterocycles. The molecule has 2 fully saturated rings. The summed E-state index contributed by atoms with van der Waals surface area (Å²) in [6, 6.07) is 7.27. The summed E-state index contributed by atoms with van der Waals surface area (Å²) >= 11 is 0. The number of nitrogens with two attached hydrogens (primary N) is 1. The predicted molar refractivity (Wildman–Crippen MR) is 110 cm³/mol. The molecule has 0 atom stereocenters. The molecule has 1 aliphatic carbocycles. The Kier molecular flexibility index (Phi) is 6.30. The van der Waals surface area contributed by atoms with Gasteiger partial charge < -0.3 is 20.7 Å². The highest BCUT2D eigenvalue weighted by Gasteiger charge is 2.28. The van der Waals surface area contributed by atoms with Gasteiger partial charge in [-0.3, -0.25) is 0 Å². The van der Waals surface area contributed by atoms with Crippen molar-refractivity contribution in [3.63, 3.8) is 0 Å². The van der Waals surface area contributed by atoms with Gasteiger partial charge in [0.15, 0.2) is 0 Å². The van der Waals surface area contributed by atoms with Crippen molar-refractivity contribution in [2.24, 2.45) is 5.73 Å². The highest BCUT2D eigenvalue weighted by molar-refractivity contribution is 5.68. The molecular formula is C22H35N3O2. The van der Waals surface area contributed by atoms with Crippen molar-refractivity contribution in [1.29, 1.82) is 0 Å². The SMILES string of the molecule is CC(C)(C)OC(=O)N1CCC(c2ccc(CN)c(NC3CCCC3)c2)CC1. The summed E-state index contributed by atoms with van der Waals surface area (Å²) in [5.74, 6) is 0.486. The van der Waals surface area contributed by atoms with E-state index < -0.39 is 5.60 Å². The highest BCUT2D eigenvalue weighted by atomic mass is 16.6. The van der Waals surface area contributed by atoms with Crippen LogP contribution >= 0.6 is 0 Å². The van der Waals surface area contributed by atoms with Crippen LogP contribution in [-0.4, -0.2) is 35.7 Å². The first-order chi connectivity index (χ1) is 12.9. The normalized spacial score (nSPS) is 19.3. The summed E-state index contributed by atoms with van der Waals surface area (Å²) in [4.78, 5) is 14.1. The highest BCUT2D eigenvalue weighted by Crippen LogP contribution is 2.32. The third-order valence-corrected chi connectivity index (χ3v) is 5.69. The zero-order valence-corrected chi connectivity index (χ0v) is 17.1. The number of nitrogens with zero attached hydrogens (tertiary/aromatic N) is 1. The van der Waals surface area contributed by atoms with Crippen molar-refractivity contribution >= 4 is 11.8 Å². The fraction of sp³-hybridized carbons (Fsp3) is 0.682. The molecular weight excluding hydrogens is 338 g/mol. The molecule has 2 aliphatic rings. The van der Waals surface area contributed by atoms with Crippen LogP contribution in [0.5, 0.6) is 0 Å². The number of carbonyl (C=O) groups excluding carboxylic acids is 1. The fourth-order valence-corrected chi connectivity index (χ4v) is 4.17.